The summed E-state index contributed by atoms with van der Waals surface area (Å²) >= 11 is 0. The van der Waals surface area contributed by atoms with Crippen LogP contribution in [0.5, 0.6) is 0 Å². The molecule has 2 N–H and O–H groups in total. The van der Waals surface area contributed by atoms with Crippen LogP contribution in [0.1, 0.15) is 50.6 Å². The molecular weight excluding hydrogens is 251 g/mol. The second-order valence-electron chi connectivity index (χ2n) is 6.26. The molecule has 0 amide bonds. The summed E-state index contributed by atoms with van der Waals surface area (Å²) in [6.45, 7) is 3.33. The zero-order valence-corrected chi connectivity index (χ0v) is 12.7. The molecule has 0 bridgehead atoms. The van der Waals surface area contributed by atoms with Crippen molar-refractivity contribution in [3.8, 4) is 0 Å². The molecule has 3 unspecified atom stereocenters. The first-order valence-corrected chi connectivity index (χ1v) is 7.79. The molecule has 0 radical (unpaired) electrons. The Morgan fingerprint density at radius 2 is 2.10 bits per heavy atom. The van der Waals surface area contributed by atoms with E-state index in [1.54, 1.807) is 12.1 Å². The maximum atomic E-state index is 13.2. The van der Waals surface area contributed by atoms with Crippen LogP contribution in [0.15, 0.2) is 24.3 Å². The van der Waals surface area contributed by atoms with Gasteiger partial charge in [-0.15, -0.1) is 0 Å². The van der Waals surface area contributed by atoms with Crippen LogP contribution < -0.4 is 5.73 Å². The summed E-state index contributed by atoms with van der Waals surface area (Å²) in [5, 5.41) is 0. The Hall–Kier alpha value is -0.930. The quantitative estimate of drug-likeness (QED) is 0.889. The van der Waals surface area contributed by atoms with Crippen molar-refractivity contribution in [2.45, 2.75) is 51.1 Å². The normalized spacial score (nSPS) is 24.9. The largest absolute Gasteiger partial charge is 0.324 e. The highest BCUT2D eigenvalue weighted by Gasteiger charge is 2.24. The van der Waals surface area contributed by atoms with Gasteiger partial charge in [0.2, 0.25) is 0 Å². The molecule has 0 spiro atoms. The first-order chi connectivity index (χ1) is 9.58. The Labute approximate surface area is 122 Å². The van der Waals surface area contributed by atoms with Crippen LogP contribution in [0.2, 0.25) is 0 Å². The van der Waals surface area contributed by atoms with E-state index in [0.717, 1.165) is 24.4 Å². The fourth-order valence-electron chi connectivity index (χ4n) is 3.36. The highest BCUT2D eigenvalue weighted by atomic mass is 19.1. The molecule has 3 atom stereocenters. The second kappa shape index (κ2) is 7.19. The maximum absolute atomic E-state index is 13.2. The monoisotopic (exact) mass is 278 g/mol. The van der Waals surface area contributed by atoms with Crippen molar-refractivity contribution in [1.29, 1.82) is 0 Å². The SMILES string of the molecule is CC1CCCCC1N(C)CCC(N)c1cccc(F)c1. The summed E-state index contributed by atoms with van der Waals surface area (Å²) in [5.74, 6) is 0.575. The number of rotatable bonds is 5. The molecular formula is C17H27FN2. The summed E-state index contributed by atoms with van der Waals surface area (Å²) in [4.78, 5) is 2.45. The Morgan fingerprint density at radius 3 is 2.80 bits per heavy atom. The molecule has 1 aliphatic rings. The van der Waals surface area contributed by atoms with Crippen LogP contribution in [-0.2, 0) is 0 Å². The van der Waals surface area contributed by atoms with Crippen molar-refractivity contribution in [3.05, 3.63) is 35.6 Å². The fourth-order valence-corrected chi connectivity index (χ4v) is 3.36. The Balaban J connectivity index is 1.84. The van der Waals surface area contributed by atoms with Gasteiger partial charge in [-0.2, -0.15) is 0 Å². The standard InChI is InChI=1S/C17H27FN2/c1-13-6-3-4-9-17(13)20(2)11-10-16(19)14-7-5-8-15(18)12-14/h5,7-8,12-13,16-17H,3-4,6,9-11,19H2,1-2H3. The smallest absolute Gasteiger partial charge is 0.123 e. The van der Waals surface area contributed by atoms with E-state index in [9.17, 15) is 4.39 Å². The van der Waals surface area contributed by atoms with E-state index in [0.29, 0.717) is 6.04 Å². The molecule has 1 aliphatic carbocycles. The molecule has 0 aromatic heterocycles. The molecule has 20 heavy (non-hydrogen) atoms. The molecule has 1 fully saturated rings. The van der Waals surface area contributed by atoms with Crippen molar-refractivity contribution in [2.24, 2.45) is 11.7 Å². The lowest BCUT2D eigenvalue weighted by molar-refractivity contribution is 0.136. The van der Waals surface area contributed by atoms with Crippen LogP contribution >= 0.6 is 0 Å². The Bertz CT molecular complexity index is 421. The van der Waals surface area contributed by atoms with Gasteiger partial charge in [-0.1, -0.05) is 31.9 Å². The van der Waals surface area contributed by atoms with Crippen molar-refractivity contribution >= 4 is 0 Å². The lowest BCUT2D eigenvalue weighted by Gasteiger charge is -2.36. The highest BCUT2D eigenvalue weighted by Crippen LogP contribution is 2.28. The minimum absolute atomic E-state index is 0.0768. The van der Waals surface area contributed by atoms with E-state index in [-0.39, 0.29) is 11.9 Å². The first-order valence-electron chi connectivity index (χ1n) is 7.79. The van der Waals surface area contributed by atoms with E-state index in [1.165, 1.54) is 31.7 Å². The van der Waals surface area contributed by atoms with Crippen LogP contribution in [0.3, 0.4) is 0 Å². The highest BCUT2D eigenvalue weighted by molar-refractivity contribution is 5.19. The van der Waals surface area contributed by atoms with Gasteiger partial charge in [0, 0.05) is 12.1 Å². The summed E-state index contributed by atoms with van der Waals surface area (Å²) in [6, 6.07) is 7.27. The fraction of sp³-hybridized carbons (Fsp3) is 0.647. The van der Waals surface area contributed by atoms with Crippen LogP contribution in [0, 0.1) is 11.7 Å². The molecule has 2 rings (SSSR count). The van der Waals surface area contributed by atoms with Gasteiger partial charge in [-0.05, 0) is 56.5 Å². The lowest BCUT2D eigenvalue weighted by atomic mass is 9.85. The van der Waals surface area contributed by atoms with Crippen molar-refractivity contribution < 1.29 is 4.39 Å². The van der Waals surface area contributed by atoms with E-state index < -0.39 is 0 Å². The third-order valence-electron chi connectivity index (χ3n) is 4.70. The summed E-state index contributed by atoms with van der Waals surface area (Å²) in [6.07, 6.45) is 6.23. The van der Waals surface area contributed by atoms with E-state index in [1.807, 2.05) is 6.07 Å². The zero-order valence-electron chi connectivity index (χ0n) is 12.7. The number of hydrogen-bond donors (Lipinski definition) is 1. The molecule has 1 saturated carbocycles. The van der Waals surface area contributed by atoms with Gasteiger partial charge in [0.25, 0.3) is 0 Å². The van der Waals surface area contributed by atoms with Gasteiger partial charge in [-0.3, -0.25) is 0 Å². The minimum atomic E-state index is -0.202. The van der Waals surface area contributed by atoms with Crippen molar-refractivity contribution in [2.75, 3.05) is 13.6 Å². The van der Waals surface area contributed by atoms with Crippen LogP contribution in [0.25, 0.3) is 0 Å². The predicted molar refractivity (Wildman–Crippen MR) is 82.0 cm³/mol. The minimum Gasteiger partial charge on any atom is -0.324 e. The average Bonchev–Trinajstić information content (AvgIpc) is 2.45. The van der Waals surface area contributed by atoms with Crippen molar-refractivity contribution in [3.63, 3.8) is 0 Å². The van der Waals surface area contributed by atoms with E-state index in [4.69, 9.17) is 5.73 Å². The third kappa shape index (κ3) is 4.03. The number of benzene rings is 1. The third-order valence-corrected chi connectivity index (χ3v) is 4.70. The molecule has 2 nitrogen and oxygen atoms in total. The molecule has 1 aromatic carbocycles. The maximum Gasteiger partial charge on any atom is 0.123 e. The number of halogens is 1. The van der Waals surface area contributed by atoms with Crippen LogP contribution in [0.4, 0.5) is 4.39 Å². The van der Waals surface area contributed by atoms with Crippen LogP contribution in [-0.4, -0.2) is 24.5 Å². The summed E-state index contributed by atoms with van der Waals surface area (Å²) in [5.41, 5.74) is 7.08. The van der Waals surface area contributed by atoms with Gasteiger partial charge in [-0.25, -0.2) is 4.39 Å². The molecule has 1 aromatic rings. The Morgan fingerprint density at radius 1 is 1.35 bits per heavy atom. The van der Waals surface area contributed by atoms with Gasteiger partial charge < -0.3 is 10.6 Å². The summed E-state index contributed by atoms with van der Waals surface area (Å²) in [7, 11) is 2.20. The molecule has 3 heteroatoms. The molecule has 0 heterocycles. The van der Waals surface area contributed by atoms with Gasteiger partial charge in [0.1, 0.15) is 5.82 Å². The zero-order chi connectivity index (χ0) is 14.5. The molecule has 0 aliphatic heterocycles. The van der Waals surface area contributed by atoms with Gasteiger partial charge in [0.05, 0.1) is 0 Å². The van der Waals surface area contributed by atoms with E-state index >= 15 is 0 Å². The lowest BCUT2D eigenvalue weighted by Crippen LogP contribution is -2.40. The topological polar surface area (TPSA) is 29.3 Å². The van der Waals surface area contributed by atoms with Gasteiger partial charge in [0.15, 0.2) is 0 Å². The number of nitrogens with zero attached hydrogens (tertiary/aromatic N) is 1. The first kappa shape index (κ1) is 15.5. The molecule has 112 valence electrons. The van der Waals surface area contributed by atoms with Crippen molar-refractivity contribution in [1.82, 2.24) is 4.90 Å². The second-order valence-corrected chi connectivity index (χ2v) is 6.26. The number of nitrogens with two attached hydrogens (primary N) is 1. The van der Waals surface area contributed by atoms with Gasteiger partial charge >= 0.3 is 0 Å². The number of hydrogen-bond acceptors (Lipinski definition) is 2. The molecule has 0 saturated heterocycles. The summed E-state index contributed by atoms with van der Waals surface area (Å²) < 4.78 is 13.2. The average molecular weight is 278 g/mol. The Kier molecular flexibility index (Phi) is 5.55. The van der Waals surface area contributed by atoms with E-state index in [2.05, 4.69) is 18.9 Å². The predicted octanol–water partition coefficient (Wildman–Crippen LogP) is 3.73.